The predicted molar refractivity (Wildman–Crippen MR) is 130 cm³/mol. The Hall–Kier alpha value is -0.300. The minimum Gasteiger partial charge on any atom is -0.325 e. The molecule has 30 heavy (non-hydrogen) atoms. The zero-order valence-electron chi connectivity index (χ0n) is 21.3. The van der Waals surface area contributed by atoms with Gasteiger partial charge in [-0.05, 0) is 110 Å². The van der Waals surface area contributed by atoms with E-state index in [1.165, 1.54) is 64.2 Å². The molecule has 7 unspecified atom stereocenters. The summed E-state index contributed by atoms with van der Waals surface area (Å²) in [7, 11) is 0. The van der Waals surface area contributed by atoms with Crippen LogP contribution in [0.5, 0.6) is 0 Å². The molecule has 1 nitrogen and oxygen atoms in total. The van der Waals surface area contributed by atoms with E-state index < -0.39 is 0 Å². The smallest absolute Gasteiger partial charge is 0.0185 e. The number of nitrogens with two attached hydrogens (primary N) is 1. The largest absolute Gasteiger partial charge is 0.325 e. The van der Waals surface area contributed by atoms with Gasteiger partial charge in [0, 0.05) is 5.54 Å². The Balaban J connectivity index is 0.000000503. The van der Waals surface area contributed by atoms with E-state index in [1.807, 2.05) is 0 Å². The molecule has 0 amide bonds. The predicted octanol–water partition coefficient (Wildman–Crippen LogP) is 7.99. The number of rotatable bonds is 0. The average molecular weight is 414 g/mol. The molecule has 4 saturated carbocycles. The molecule has 2 N–H and O–H groups in total. The molecule has 172 valence electrons. The van der Waals surface area contributed by atoms with Crippen molar-refractivity contribution in [3.8, 4) is 0 Å². The molecule has 0 heterocycles. The van der Waals surface area contributed by atoms with Crippen molar-refractivity contribution in [3.63, 3.8) is 0 Å². The lowest BCUT2D eigenvalue weighted by molar-refractivity contribution is -0.172. The lowest BCUT2D eigenvalue weighted by Crippen LogP contribution is -2.62. The van der Waals surface area contributed by atoms with Gasteiger partial charge in [0.05, 0.1) is 0 Å². The Morgan fingerprint density at radius 1 is 0.767 bits per heavy atom. The fourth-order valence-corrected chi connectivity index (χ4v) is 9.87. The SMILES string of the molecule is CC(C)C.CC1(C)C=CCC2(C)C1CCC1(C)C3CCC4(N)CCC[C@@H]4C3CCC12. The second-order valence-corrected chi connectivity index (χ2v) is 13.9. The fourth-order valence-electron chi connectivity index (χ4n) is 9.87. The van der Waals surface area contributed by atoms with Crippen molar-refractivity contribution in [1.29, 1.82) is 0 Å². The molecule has 0 radical (unpaired) electrons. The Morgan fingerprint density at radius 3 is 2.17 bits per heavy atom. The summed E-state index contributed by atoms with van der Waals surface area (Å²) < 4.78 is 0. The first-order chi connectivity index (χ1) is 13.9. The van der Waals surface area contributed by atoms with Crippen LogP contribution in [0.25, 0.3) is 0 Å². The van der Waals surface area contributed by atoms with Gasteiger partial charge in [0.25, 0.3) is 0 Å². The molecule has 0 aromatic carbocycles. The summed E-state index contributed by atoms with van der Waals surface area (Å²) in [5.74, 6) is 5.36. The van der Waals surface area contributed by atoms with Crippen molar-refractivity contribution in [3.05, 3.63) is 12.2 Å². The highest BCUT2D eigenvalue weighted by Crippen LogP contribution is 2.71. The van der Waals surface area contributed by atoms with Gasteiger partial charge in [-0.1, -0.05) is 67.0 Å². The zero-order chi connectivity index (χ0) is 21.9. The second kappa shape index (κ2) is 7.64. The standard InChI is InChI=1S/C25H41N.C4H10/c1-22(2)12-6-13-24(4)20(22)11-15-23(3)18-10-16-25(26)14-5-7-19(25)17(18)8-9-21(23)24;1-4(2)3/h6,12,17-21H,5,7-11,13-16,26H2,1-4H3;4H,1-3H3/t17?,18?,19-,20?,21?,23?,24?,25?;/m1./s1. The summed E-state index contributed by atoms with van der Waals surface area (Å²) in [4.78, 5) is 0. The maximum Gasteiger partial charge on any atom is 0.0185 e. The summed E-state index contributed by atoms with van der Waals surface area (Å²) in [6.07, 6.45) is 19.1. The van der Waals surface area contributed by atoms with E-state index in [4.69, 9.17) is 5.73 Å². The monoisotopic (exact) mass is 413 g/mol. The first-order valence-electron chi connectivity index (χ1n) is 13.4. The third-order valence-electron chi connectivity index (χ3n) is 10.8. The van der Waals surface area contributed by atoms with Gasteiger partial charge in [-0.3, -0.25) is 0 Å². The molecule has 4 fully saturated rings. The zero-order valence-corrected chi connectivity index (χ0v) is 21.3. The van der Waals surface area contributed by atoms with Crippen LogP contribution in [0.1, 0.15) is 113 Å². The van der Waals surface area contributed by atoms with Gasteiger partial charge in [-0.25, -0.2) is 0 Å². The van der Waals surface area contributed by atoms with Crippen LogP contribution in [0.3, 0.4) is 0 Å². The molecule has 0 aromatic rings. The molecule has 1 heteroatoms. The van der Waals surface area contributed by atoms with Gasteiger partial charge in [0.1, 0.15) is 0 Å². The summed E-state index contributed by atoms with van der Waals surface area (Å²) in [5, 5.41) is 0. The van der Waals surface area contributed by atoms with Crippen LogP contribution < -0.4 is 5.73 Å². The lowest BCUT2D eigenvalue weighted by Gasteiger charge is -2.67. The molecule has 5 aliphatic rings. The maximum atomic E-state index is 6.94. The van der Waals surface area contributed by atoms with Crippen LogP contribution in [0.15, 0.2) is 12.2 Å². The average Bonchev–Trinajstić information content (AvgIpc) is 3.02. The number of hydrogen-bond acceptors (Lipinski definition) is 1. The van der Waals surface area contributed by atoms with Crippen molar-refractivity contribution in [2.45, 2.75) is 118 Å². The van der Waals surface area contributed by atoms with Crippen molar-refractivity contribution in [1.82, 2.24) is 0 Å². The Kier molecular flexibility index (Phi) is 5.82. The van der Waals surface area contributed by atoms with E-state index in [-0.39, 0.29) is 5.54 Å². The summed E-state index contributed by atoms with van der Waals surface area (Å²) in [5.41, 5.74) is 8.62. The lowest BCUT2D eigenvalue weighted by atomic mass is 9.37. The molecule has 0 spiro atoms. The third kappa shape index (κ3) is 3.45. The first kappa shape index (κ1) is 22.9. The molecule has 0 bridgehead atoms. The maximum absolute atomic E-state index is 6.94. The number of allylic oxidation sites excluding steroid dienone is 2. The highest BCUT2D eigenvalue weighted by atomic mass is 14.8. The van der Waals surface area contributed by atoms with E-state index in [0.717, 1.165) is 35.5 Å². The Morgan fingerprint density at radius 2 is 1.47 bits per heavy atom. The van der Waals surface area contributed by atoms with E-state index in [0.29, 0.717) is 16.2 Å². The van der Waals surface area contributed by atoms with Crippen LogP contribution in [-0.2, 0) is 0 Å². The highest BCUT2D eigenvalue weighted by Gasteiger charge is 2.64. The van der Waals surface area contributed by atoms with E-state index in [1.54, 1.807) is 0 Å². The highest BCUT2D eigenvalue weighted by molar-refractivity contribution is 5.19. The minimum atomic E-state index is 0.209. The van der Waals surface area contributed by atoms with Crippen molar-refractivity contribution < 1.29 is 0 Å². The van der Waals surface area contributed by atoms with Gasteiger partial charge in [0.15, 0.2) is 0 Å². The summed E-state index contributed by atoms with van der Waals surface area (Å²) in [6.45, 7) is 16.9. The molecule has 0 aromatic heterocycles. The molecule has 5 rings (SSSR count). The van der Waals surface area contributed by atoms with Crippen molar-refractivity contribution in [2.75, 3.05) is 0 Å². The quantitative estimate of drug-likeness (QED) is 0.400. The van der Waals surface area contributed by atoms with Gasteiger partial charge in [-0.2, -0.15) is 0 Å². The van der Waals surface area contributed by atoms with E-state index >= 15 is 0 Å². The van der Waals surface area contributed by atoms with Gasteiger partial charge in [0.2, 0.25) is 0 Å². The summed E-state index contributed by atoms with van der Waals surface area (Å²) in [6, 6.07) is 0. The second-order valence-electron chi connectivity index (χ2n) is 13.9. The normalized spacial score (nSPS) is 51.2. The third-order valence-corrected chi connectivity index (χ3v) is 10.8. The van der Waals surface area contributed by atoms with Crippen LogP contribution in [0.2, 0.25) is 0 Å². The van der Waals surface area contributed by atoms with Crippen LogP contribution in [0.4, 0.5) is 0 Å². The first-order valence-corrected chi connectivity index (χ1v) is 13.4. The van der Waals surface area contributed by atoms with Gasteiger partial charge < -0.3 is 5.73 Å². The molecule has 8 atom stereocenters. The Bertz CT molecular complexity index is 659. The number of hydrogen-bond donors (Lipinski definition) is 1. The van der Waals surface area contributed by atoms with Crippen LogP contribution in [0, 0.1) is 51.8 Å². The molecule has 0 saturated heterocycles. The fraction of sp³-hybridized carbons (Fsp3) is 0.931. The van der Waals surface area contributed by atoms with Gasteiger partial charge >= 0.3 is 0 Å². The van der Waals surface area contributed by atoms with Gasteiger partial charge in [-0.15, -0.1) is 0 Å². The topological polar surface area (TPSA) is 26.0 Å². The molecular weight excluding hydrogens is 362 g/mol. The minimum absolute atomic E-state index is 0.209. The van der Waals surface area contributed by atoms with Crippen molar-refractivity contribution in [2.24, 2.45) is 57.5 Å². The molecular formula is C29H51N. The van der Waals surface area contributed by atoms with E-state index in [9.17, 15) is 0 Å². The van der Waals surface area contributed by atoms with Crippen LogP contribution >= 0.6 is 0 Å². The molecule has 0 aliphatic heterocycles. The summed E-state index contributed by atoms with van der Waals surface area (Å²) >= 11 is 0. The van der Waals surface area contributed by atoms with Crippen molar-refractivity contribution >= 4 is 0 Å². The number of fused-ring (bicyclic) bond motifs is 7. The van der Waals surface area contributed by atoms with Crippen LogP contribution in [-0.4, -0.2) is 5.54 Å². The van der Waals surface area contributed by atoms with E-state index in [2.05, 4.69) is 60.6 Å². The Labute approximate surface area is 188 Å². The molecule has 5 aliphatic carbocycles.